The fourth-order valence-corrected chi connectivity index (χ4v) is 2.75. The molecule has 1 heterocycles. The van der Waals surface area contributed by atoms with E-state index >= 15 is 0 Å². The van der Waals surface area contributed by atoms with Crippen LogP contribution in [0.5, 0.6) is 0 Å². The van der Waals surface area contributed by atoms with Crippen LogP contribution in [0.3, 0.4) is 0 Å². The molecule has 0 aromatic rings. The van der Waals surface area contributed by atoms with Crippen LogP contribution in [0.25, 0.3) is 0 Å². The number of nitrogens with one attached hydrogen (secondary N) is 2. The number of amides is 1. The van der Waals surface area contributed by atoms with Crippen molar-refractivity contribution in [1.29, 1.82) is 0 Å². The zero-order valence-corrected chi connectivity index (χ0v) is 9.64. The van der Waals surface area contributed by atoms with Crippen molar-refractivity contribution < 1.29 is 4.79 Å². The fourth-order valence-electron chi connectivity index (χ4n) is 2.75. The van der Waals surface area contributed by atoms with Crippen LogP contribution in [0.1, 0.15) is 51.9 Å². The first-order valence-corrected chi connectivity index (χ1v) is 6.25. The highest BCUT2D eigenvalue weighted by atomic mass is 16.2. The molecule has 15 heavy (non-hydrogen) atoms. The van der Waals surface area contributed by atoms with Crippen molar-refractivity contribution in [2.75, 3.05) is 6.54 Å². The summed E-state index contributed by atoms with van der Waals surface area (Å²) in [5.74, 6) is 0.219. The zero-order chi connectivity index (χ0) is 10.7. The summed E-state index contributed by atoms with van der Waals surface area (Å²) in [6.07, 6.45) is 8.27. The molecule has 0 spiro atoms. The van der Waals surface area contributed by atoms with E-state index in [1.54, 1.807) is 0 Å². The summed E-state index contributed by atoms with van der Waals surface area (Å²) < 4.78 is 0. The second-order valence-corrected chi connectivity index (χ2v) is 5.26. The van der Waals surface area contributed by atoms with Gasteiger partial charge in [0, 0.05) is 5.54 Å². The Morgan fingerprint density at radius 2 is 2.00 bits per heavy atom. The average Bonchev–Trinajstić information content (AvgIpc) is 2.70. The van der Waals surface area contributed by atoms with Crippen molar-refractivity contribution in [2.45, 2.75) is 63.5 Å². The Hall–Kier alpha value is -0.570. The molecule has 0 bridgehead atoms. The van der Waals surface area contributed by atoms with E-state index in [0.717, 1.165) is 32.2 Å². The summed E-state index contributed by atoms with van der Waals surface area (Å²) in [5, 5.41) is 6.49. The Morgan fingerprint density at radius 1 is 1.27 bits per heavy atom. The van der Waals surface area contributed by atoms with Gasteiger partial charge in [0.2, 0.25) is 5.91 Å². The third kappa shape index (κ3) is 2.71. The molecular weight excluding hydrogens is 188 g/mol. The molecule has 1 aliphatic carbocycles. The minimum Gasteiger partial charge on any atom is -0.350 e. The first kappa shape index (κ1) is 10.9. The molecule has 1 atom stereocenters. The van der Waals surface area contributed by atoms with Gasteiger partial charge in [0.05, 0.1) is 6.04 Å². The quantitative estimate of drug-likeness (QED) is 0.726. The highest BCUT2D eigenvalue weighted by Crippen LogP contribution is 2.27. The smallest absolute Gasteiger partial charge is 0.237 e. The van der Waals surface area contributed by atoms with Crippen LogP contribution >= 0.6 is 0 Å². The maximum absolute atomic E-state index is 11.9. The van der Waals surface area contributed by atoms with E-state index in [0.29, 0.717) is 0 Å². The summed E-state index contributed by atoms with van der Waals surface area (Å²) in [7, 11) is 0. The van der Waals surface area contributed by atoms with Gasteiger partial charge >= 0.3 is 0 Å². The molecule has 0 radical (unpaired) electrons. The molecule has 2 N–H and O–H groups in total. The second kappa shape index (κ2) is 4.52. The summed E-state index contributed by atoms with van der Waals surface area (Å²) in [6.45, 7) is 3.19. The fraction of sp³-hybridized carbons (Fsp3) is 0.917. The molecule has 2 fully saturated rings. The summed E-state index contributed by atoms with van der Waals surface area (Å²) in [5.41, 5.74) is 0.0691. The van der Waals surface area contributed by atoms with Gasteiger partial charge in [0.1, 0.15) is 0 Å². The van der Waals surface area contributed by atoms with Gasteiger partial charge in [-0.05, 0) is 39.2 Å². The lowest BCUT2D eigenvalue weighted by Gasteiger charge is -2.35. The van der Waals surface area contributed by atoms with Crippen LogP contribution in [0.4, 0.5) is 0 Å². The van der Waals surface area contributed by atoms with Crippen LogP contribution in [0, 0.1) is 0 Å². The molecular formula is C12H22N2O. The lowest BCUT2D eigenvalue weighted by molar-refractivity contribution is -0.124. The lowest BCUT2D eigenvalue weighted by atomic mass is 9.83. The van der Waals surface area contributed by atoms with Crippen molar-refractivity contribution >= 4 is 5.91 Å². The van der Waals surface area contributed by atoms with Crippen molar-refractivity contribution in [3.63, 3.8) is 0 Å². The average molecular weight is 210 g/mol. The predicted octanol–water partition coefficient (Wildman–Crippen LogP) is 1.58. The second-order valence-electron chi connectivity index (χ2n) is 5.26. The maximum atomic E-state index is 11.9. The number of rotatable bonds is 2. The molecule has 3 nitrogen and oxygen atoms in total. The Bertz CT molecular complexity index is 228. The lowest BCUT2D eigenvalue weighted by Crippen LogP contribution is -2.52. The molecule has 2 rings (SSSR count). The molecule has 0 aromatic heterocycles. The first-order chi connectivity index (χ1) is 7.20. The third-order valence-corrected chi connectivity index (χ3v) is 3.76. The van der Waals surface area contributed by atoms with E-state index < -0.39 is 0 Å². The van der Waals surface area contributed by atoms with Crippen LogP contribution in [-0.4, -0.2) is 24.0 Å². The van der Waals surface area contributed by atoms with E-state index in [1.807, 2.05) is 0 Å². The molecule has 3 heteroatoms. The van der Waals surface area contributed by atoms with Gasteiger partial charge in [-0.3, -0.25) is 4.79 Å². The van der Waals surface area contributed by atoms with E-state index in [-0.39, 0.29) is 17.5 Å². The number of hydrogen-bond donors (Lipinski definition) is 2. The molecule has 2 aliphatic rings. The van der Waals surface area contributed by atoms with E-state index in [1.165, 1.54) is 19.3 Å². The van der Waals surface area contributed by atoms with E-state index in [4.69, 9.17) is 0 Å². The highest BCUT2D eigenvalue weighted by Gasteiger charge is 2.31. The minimum absolute atomic E-state index is 0.0691. The first-order valence-electron chi connectivity index (χ1n) is 6.25. The Morgan fingerprint density at radius 3 is 2.60 bits per heavy atom. The van der Waals surface area contributed by atoms with Gasteiger partial charge in [-0.1, -0.05) is 19.3 Å². The predicted molar refractivity (Wildman–Crippen MR) is 60.7 cm³/mol. The van der Waals surface area contributed by atoms with Crippen LogP contribution in [0.15, 0.2) is 0 Å². The molecule has 86 valence electrons. The topological polar surface area (TPSA) is 41.1 Å². The number of carbonyl (C=O) groups excluding carboxylic acids is 1. The monoisotopic (exact) mass is 210 g/mol. The van der Waals surface area contributed by atoms with Gasteiger partial charge in [-0.25, -0.2) is 0 Å². The summed E-state index contributed by atoms with van der Waals surface area (Å²) in [6, 6.07) is 0.0729. The summed E-state index contributed by atoms with van der Waals surface area (Å²) in [4.78, 5) is 11.9. The Labute approximate surface area is 92.0 Å². The SMILES string of the molecule is CC1(NC(=O)C2CCCN2)CCCCC1. The van der Waals surface area contributed by atoms with Gasteiger partial charge in [0.15, 0.2) is 0 Å². The zero-order valence-electron chi connectivity index (χ0n) is 9.64. The van der Waals surface area contributed by atoms with Crippen LogP contribution in [-0.2, 0) is 4.79 Å². The maximum Gasteiger partial charge on any atom is 0.237 e. The van der Waals surface area contributed by atoms with E-state index in [9.17, 15) is 4.79 Å². The standard InChI is InChI=1S/C12H22N2O/c1-12(7-3-2-4-8-12)14-11(15)10-6-5-9-13-10/h10,13H,2-9H2,1H3,(H,14,15). The van der Waals surface area contributed by atoms with Gasteiger partial charge in [-0.15, -0.1) is 0 Å². The Balaban J connectivity index is 1.86. The number of hydrogen-bond acceptors (Lipinski definition) is 2. The van der Waals surface area contributed by atoms with Gasteiger partial charge in [0.25, 0.3) is 0 Å². The molecule has 0 aromatic carbocycles. The van der Waals surface area contributed by atoms with Crippen molar-refractivity contribution in [3.05, 3.63) is 0 Å². The van der Waals surface area contributed by atoms with Crippen LogP contribution < -0.4 is 10.6 Å². The van der Waals surface area contributed by atoms with Crippen molar-refractivity contribution in [1.82, 2.24) is 10.6 Å². The molecule has 1 unspecified atom stereocenters. The largest absolute Gasteiger partial charge is 0.350 e. The molecule has 1 saturated heterocycles. The van der Waals surface area contributed by atoms with Gasteiger partial charge < -0.3 is 10.6 Å². The molecule has 1 aliphatic heterocycles. The van der Waals surface area contributed by atoms with E-state index in [2.05, 4.69) is 17.6 Å². The van der Waals surface area contributed by atoms with Crippen LogP contribution in [0.2, 0.25) is 0 Å². The Kier molecular flexibility index (Phi) is 3.29. The van der Waals surface area contributed by atoms with Gasteiger partial charge in [-0.2, -0.15) is 0 Å². The molecule has 1 saturated carbocycles. The third-order valence-electron chi connectivity index (χ3n) is 3.76. The number of carbonyl (C=O) groups is 1. The summed E-state index contributed by atoms with van der Waals surface area (Å²) >= 11 is 0. The normalized spacial score (nSPS) is 30.1. The van der Waals surface area contributed by atoms with Crippen molar-refractivity contribution in [2.24, 2.45) is 0 Å². The highest BCUT2D eigenvalue weighted by molar-refractivity contribution is 5.82. The molecule has 1 amide bonds. The van der Waals surface area contributed by atoms with Crippen molar-refractivity contribution in [3.8, 4) is 0 Å². The minimum atomic E-state index is 0.0691.